The molecule has 7 heteroatoms. The number of carbonyl (C=O) groups excluding carboxylic acids is 2. The molecule has 5 rings (SSSR count). The largest absolute Gasteiger partial charge is 0.497 e. The van der Waals surface area contributed by atoms with Crippen molar-refractivity contribution in [1.82, 2.24) is 19.4 Å². The number of aromatic nitrogens is 2. The highest BCUT2D eigenvalue weighted by Gasteiger charge is 2.28. The Balaban J connectivity index is 1.34. The molecule has 2 saturated heterocycles. The highest BCUT2D eigenvalue weighted by Crippen LogP contribution is 2.30. The van der Waals surface area contributed by atoms with Gasteiger partial charge in [0.25, 0.3) is 0 Å². The van der Waals surface area contributed by atoms with E-state index in [1.54, 1.807) is 13.3 Å². The minimum atomic E-state index is 0.116. The molecule has 0 radical (unpaired) electrons. The number of nitrogens with zero attached hydrogens (tertiary/aromatic N) is 4. The standard InChI is InChI=1S/C26H30N4O3/c1-33-22-7-2-6-21(15-22)25-26-20(9-11-27-25)10-14-30(26)18-24(32)29-12-3-5-19(17-29)16-28-13-4-8-23(28)31/h2,6-7,9-11,14-15,19H,3-5,8,12-13,16-18H2,1H3. The lowest BCUT2D eigenvalue weighted by atomic mass is 9.97. The second-order valence-corrected chi connectivity index (χ2v) is 9.06. The number of hydrogen-bond acceptors (Lipinski definition) is 4. The first-order valence-corrected chi connectivity index (χ1v) is 11.8. The van der Waals surface area contributed by atoms with Crippen LogP contribution in [0.4, 0.5) is 0 Å². The zero-order chi connectivity index (χ0) is 22.8. The van der Waals surface area contributed by atoms with Crippen LogP contribution in [0, 0.1) is 5.92 Å². The summed E-state index contributed by atoms with van der Waals surface area (Å²) in [5.74, 6) is 1.51. The molecule has 0 spiro atoms. The van der Waals surface area contributed by atoms with Crippen molar-refractivity contribution in [2.45, 2.75) is 32.2 Å². The fraction of sp³-hybridized carbons (Fsp3) is 0.423. The fourth-order valence-corrected chi connectivity index (χ4v) is 5.16. The SMILES string of the molecule is COc1cccc(-c2nccc3ccn(CC(=O)N4CCCC(CN5CCCC5=O)C4)c23)c1. The van der Waals surface area contributed by atoms with Gasteiger partial charge in [-0.2, -0.15) is 0 Å². The molecule has 4 heterocycles. The average molecular weight is 447 g/mol. The monoisotopic (exact) mass is 446 g/mol. The van der Waals surface area contributed by atoms with Gasteiger partial charge in [-0.15, -0.1) is 0 Å². The molecule has 1 atom stereocenters. The molecule has 2 fully saturated rings. The van der Waals surface area contributed by atoms with Gasteiger partial charge in [0.15, 0.2) is 0 Å². The smallest absolute Gasteiger partial charge is 0.242 e. The predicted octanol–water partition coefficient (Wildman–Crippen LogP) is 3.57. The summed E-state index contributed by atoms with van der Waals surface area (Å²) in [5, 5.41) is 1.06. The van der Waals surface area contributed by atoms with E-state index in [-0.39, 0.29) is 18.4 Å². The van der Waals surface area contributed by atoms with E-state index in [1.165, 1.54) is 0 Å². The van der Waals surface area contributed by atoms with Crippen molar-refractivity contribution in [3.05, 3.63) is 48.8 Å². The van der Waals surface area contributed by atoms with Crippen LogP contribution in [0.1, 0.15) is 25.7 Å². The maximum absolute atomic E-state index is 13.3. The quantitative estimate of drug-likeness (QED) is 0.581. The molecule has 172 valence electrons. The van der Waals surface area contributed by atoms with Gasteiger partial charge in [-0.1, -0.05) is 12.1 Å². The number of pyridine rings is 1. The normalized spacial score (nSPS) is 18.8. The fourth-order valence-electron chi connectivity index (χ4n) is 5.16. The number of likely N-dealkylation sites (tertiary alicyclic amines) is 2. The van der Waals surface area contributed by atoms with Crippen molar-refractivity contribution in [2.24, 2.45) is 5.92 Å². The van der Waals surface area contributed by atoms with Crippen LogP contribution in [0.5, 0.6) is 5.75 Å². The van der Waals surface area contributed by atoms with Crippen LogP contribution >= 0.6 is 0 Å². The number of hydrogen-bond donors (Lipinski definition) is 0. The van der Waals surface area contributed by atoms with E-state index in [2.05, 4.69) is 4.98 Å². The second kappa shape index (κ2) is 9.25. The van der Waals surface area contributed by atoms with E-state index in [1.807, 2.05) is 57.0 Å². The number of carbonyl (C=O) groups is 2. The molecule has 1 aromatic carbocycles. The molecule has 3 aromatic rings. The Bertz CT molecular complexity index is 1170. The summed E-state index contributed by atoms with van der Waals surface area (Å²) < 4.78 is 7.40. The number of ether oxygens (including phenoxy) is 1. The van der Waals surface area contributed by atoms with Crippen LogP contribution in [0.15, 0.2) is 48.8 Å². The molecule has 2 aliphatic heterocycles. The molecule has 2 aliphatic rings. The Morgan fingerprint density at radius 2 is 2.09 bits per heavy atom. The predicted molar refractivity (Wildman–Crippen MR) is 127 cm³/mol. The molecule has 7 nitrogen and oxygen atoms in total. The summed E-state index contributed by atoms with van der Waals surface area (Å²) in [4.78, 5) is 33.9. The number of fused-ring (bicyclic) bond motifs is 1. The summed E-state index contributed by atoms with van der Waals surface area (Å²) in [6.07, 6.45) is 7.46. The van der Waals surface area contributed by atoms with Crippen molar-refractivity contribution >= 4 is 22.7 Å². The molecule has 33 heavy (non-hydrogen) atoms. The maximum Gasteiger partial charge on any atom is 0.242 e. The molecule has 2 aromatic heterocycles. The zero-order valence-corrected chi connectivity index (χ0v) is 19.1. The van der Waals surface area contributed by atoms with E-state index in [0.29, 0.717) is 12.3 Å². The van der Waals surface area contributed by atoms with Crippen LogP contribution in [0.25, 0.3) is 22.2 Å². The van der Waals surface area contributed by atoms with Crippen LogP contribution in [0.2, 0.25) is 0 Å². The van der Waals surface area contributed by atoms with Gasteiger partial charge in [0.2, 0.25) is 11.8 Å². The summed E-state index contributed by atoms with van der Waals surface area (Å²) >= 11 is 0. The lowest BCUT2D eigenvalue weighted by Gasteiger charge is -2.35. The van der Waals surface area contributed by atoms with Crippen molar-refractivity contribution < 1.29 is 14.3 Å². The van der Waals surface area contributed by atoms with Crippen LogP contribution in [0.3, 0.4) is 0 Å². The zero-order valence-electron chi connectivity index (χ0n) is 19.1. The summed E-state index contributed by atoms with van der Waals surface area (Å²) in [7, 11) is 1.65. The highest BCUT2D eigenvalue weighted by atomic mass is 16.5. The Morgan fingerprint density at radius 1 is 1.18 bits per heavy atom. The Morgan fingerprint density at radius 3 is 2.91 bits per heavy atom. The first kappa shape index (κ1) is 21.5. The lowest BCUT2D eigenvalue weighted by molar-refractivity contribution is -0.134. The first-order chi connectivity index (χ1) is 16.1. The number of piperidine rings is 1. The molecule has 0 aliphatic carbocycles. The maximum atomic E-state index is 13.3. The van der Waals surface area contributed by atoms with Gasteiger partial charge in [-0.3, -0.25) is 14.6 Å². The van der Waals surface area contributed by atoms with Gasteiger partial charge in [0, 0.05) is 55.9 Å². The molecular formula is C26H30N4O3. The van der Waals surface area contributed by atoms with E-state index >= 15 is 0 Å². The molecule has 1 unspecified atom stereocenters. The first-order valence-electron chi connectivity index (χ1n) is 11.8. The Labute approximate surface area is 193 Å². The van der Waals surface area contributed by atoms with Crippen molar-refractivity contribution in [3.63, 3.8) is 0 Å². The minimum absolute atomic E-state index is 0.116. The number of benzene rings is 1. The number of rotatable bonds is 6. The number of methoxy groups -OCH3 is 1. The van der Waals surface area contributed by atoms with Gasteiger partial charge >= 0.3 is 0 Å². The summed E-state index contributed by atoms with van der Waals surface area (Å²) in [5.41, 5.74) is 2.75. The summed E-state index contributed by atoms with van der Waals surface area (Å²) in [6, 6.07) is 11.9. The molecule has 2 amide bonds. The third-order valence-corrected chi connectivity index (χ3v) is 6.85. The van der Waals surface area contributed by atoms with E-state index < -0.39 is 0 Å². The Hall–Kier alpha value is -3.35. The molecular weight excluding hydrogens is 416 g/mol. The van der Waals surface area contributed by atoms with Gasteiger partial charge < -0.3 is 19.1 Å². The van der Waals surface area contributed by atoms with Gasteiger partial charge in [-0.25, -0.2) is 0 Å². The lowest BCUT2D eigenvalue weighted by Crippen LogP contribution is -2.45. The van der Waals surface area contributed by atoms with E-state index in [0.717, 1.165) is 73.4 Å². The molecule has 0 saturated carbocycles. The van der Waals surface area contributed by atoms with Crippen molar-refractivity contribution in [3.8, 4) is 17.0 Å². The van der Waals surface area contributed by atoms with Crippen LogP contribution in [-0.2, 0) is 16.1 Å². The highest BCUT2D eigenvalue weighted by molar-refractivity contribution is 5.93. The van der Waals surface area contributed by atoms with E-state index in [9.17, 15) is 9.59 Å². The minimum Gasteiger partial charge on any atom is -0.497 e. The third kappa shape index (κ3) is 4.45. The molecule has 0 bridgehead atoms. The second-order valence-electron chi connectivity index (χ2n) is 9.06. The Kier molecular flexibility index (Phi) is 6.03. The van der Waals surface area contributed by atoms with Gasteiger partial charge in [0.1, 0.15) is 12.3 Å². The van der Waals surface area contributed by atoms with Crippen LogP contribution < -0.4 is 4.74 Å². The summed E-state index contributed by atoms with van der Waals surface area (Å²) in [6.45, 7) is 3.42. The van der Waals surface area contributed by atoms with Crippen LogP contribution in [-0.4, -0.2) is 64.5 Å². The van der Waals surface area contributed by atoms with Crippen molar-refractivity contribution in [1.29, 1.82) is 0 Å². The molecule has 0 N–H and O–H groups in total. The van der Waals surface area contributed by atoms with Crippen molar-refractivity contribution in [2.75, 3.05) is 33.3 Å². The van der Waals surface area contributed by atoms with E-state index in [4.69, 9.17) is 4.74 Å². The van der Waals surface area contributed by atoms with Gasteiger partial charge in [-0.05, 0) is 49.4 Å². The number of amides is 2. The average Bonchev–Trinajstić information content (AvgIpc) is 3.45. The van der Waals surface area contributed by atoms with Gasteiger partial charge in [0.05, 0.1) is 18.3 Å². The third-order valence-electron chi connectivity index (χ3n) is 6.85. The topological polar surface area (TPSA) is 67.7 Å².